The molecule has 1 aliphatic rings. The monoisotopic (exact) mass is 420 g/mol. The standard InChI is InChI=1S/C21H29FN4O2S/c1-16(28-2)21-24-19(15-29-21)13-25-8-3-9-26(11-10-25)14-20(27)23-12-17-4-6-18(22)7-5-17/h4-7,15-16H,3,8-14H2,1-2H3,(H,23,27)/t16-/m0/s1. The van der Waals surface area contributed by atoms with Crippen LogP contribution in [0.15, 0.2) is 29.6 Å². The van der Waals surface area contributed by atoms with Gasteiger partial charge in [-0.1, -0.05) is 12.1 Å². The lowest BCUT2D eigenvalue weighted by molar-refractivity contribution is -0.122. The van der Waals surface area contributed by atoms with Crippen molar-refractivity contribution >= 4 is 17.2 Å². The van der Waals surface area contributed by atoms with E-state index in [2.05, 4.69) is 25.5 Å². The summed E-state index contributed by atoms with van der Waals surface area (Å²) in [5, 5.41) is 6.04. The minimum Gasteiger partial charge on any atom is -0.375 e. The number of halogens is 1. The molecule has 8 heteroatoms. The number of carbonyl (C=O) groups excluding carboxylic acids is 1. The minimum atomic E-state index is -0.267. The van der Waals surface area contributed by atoms with Crippen molar-refractivity contribution in [1.29, 1.82) is 0 Å². The van der Waals surface area contributed by atoms with Crippen LogP contribution in [0.1, 0.15) is 35.7 Å². The molecule has 2 heterocycles. The first-order chi connectivity index (χ1) is 14.0. The van der Waals surface area contributed by atoms with Crippen LogP contribution in [0.3, 0.4) is 0 Å². The van der Waals surface area contributed by atoms with Gasteiger partial charge in [0.05, 0.1) is 12.2 Å². The Morgan fingerprint density at radius 2 is 1.97 bits per heavy atom. The molecule has 0 saturated carbocycles. The predicted molar refractivity (Wildman–Crippen MR) is 112 cm³/mol. The molecule has 158 valence electrons. The van der Waals surface area contributed by atoms with Crippen molar-refractivity contribution in [2.75, 3.05) is 39.8 Å². The number of nitrogens with zero attached hydrogens (tertiary/aromatic N) is 3. The molecular formula is C21H29FN4O2S. The predicted octanol–water partition coefficient (Wildman–Crippen LogP) is 2.81. The van der Waals surface area contributed by atoms with Crippen molar-refractivity contribution in [2.24, 2.45) is 0 Å². The number of rotatable bonds is 8. The van der Waals surface area contributed by atoms with Crippen LogP contribution < -0.4 is 5.32 Å². The Morgan fingerprint density at radius 1 is 1.24 bits per heavy atom. The second-order valence-corrected chi connectivity index (χ2v) is 8.25. The van der Waals surface area contributed by atoms with Crippen LogP contribution in [0.4, 0.5) is 4.39 Å². The number of amides is 1. The van der Waals surface area contributed by atoms with Crippen molar-refractivity contribution in [1.82, 2.24) is 20.1 Å². The molecule has 6 nitrogen and oxygen atoms in total. The summed E-state index contributed by atoms with van der Waals surface area (Å²) in [7, 11) is 1.70. The molecule has 2 aromatic rings. The Hall–Kier alpha value is -1.87. The Bertz CT molecular complexity index is 783. The van der Waals surface area contributed by atoms with Gasteiger partial charge in [-0.15, -0.1) is 11.3 Å². The van der Waals surface area contributed by atoms with Gasteiger partial charge in [0.15, 0.2) is 0 Å². The maximum Gasteiger partial charge on any atom is 0.234 e. The van der Waals surface area contributed by atoms with Crippen molar-refractivity contribution < 1.29 is 13.9 Å². The van der Waals surface area contributed by atoms with Crippen molar-refractivity contribution in [2.45, 2.75) is 32.5 Å². The average molecular weight is 421 g/mol. The molecule has 1 fully saturated rings. The summed E-state index contributed by atoms with van der Waals surface area (Å²) in [5.74, 6) is -0.267. The van der Waals surface area contributed by atoms with E-state index in [4.69, 9.17) is 4.74 Å². The number of aromatic nitrogens is 1. The molecule has 1 aromatic heterocycles. The maximum absolute atomic E-state index is 12.9. The molecule has 1 saturated heterocycles. The highest BCUT2D eigenvalue weighted by Crippen LogP contribution is 2.21. The zero-order valence-corrected chi connectivity index (χ0v) is 17.9. The second-order valence-electron chi connectivity index (χ2n) is 7.36. The van der Waals surface area contributed by atoms with Crippen LogP contribution in [0, 0.1) is 5.82 Å². The van der Waals surface area contributed by atoms with Gasteiger partial charge in [-0.05, 0) is 44.1 Å². The average Bonchev–Trinajstić information content (AvgIpc) is 3.08. The highest BCUT2D eigenvalue weighted by atomic mass is 32.1. The Balaban J connectivity index is 1.41. The van der Waals surface area contributed by atoms with Gasteiger partial charge in [-0.25, -0.2) is 9.37 Å². The largest absolute Gasteiger partial charge is 0.375 e. The summed E-state index contributed by atoms with van der Waals surface area (Å²) < 4.78 is 18.3. The van der Waals surface area contributed by atoms with Crippen LogP contribution >= 0.6 is 11.3 Å². The third-order valence-electron chi connectivity index (χ3n) is 5.11. The van der Waals surface area contributed by atoms with E-state index >= 15 is 0 Å². The third kappa shape index (κ3) is 6.85. The fourth-order valence-corrected chi connectivity index (χ4v) is 4.16. The molecule has 0 unspecified atom stereocenters. The van der Waals surface area contributed by atoms with E-state index in [1.54, 1.807) is 30.6 Å². The first-order valence-corrected chi connectivity index (χ1v) is 10.8. The van der Waals surface area contributed by atoms with Crippen molar-refractivity contribution in [3.8, 4) is 0 Å². The normalized spacial score (nSPS) is 17.1. The lowest BCUT2D eigenvalue weighted by atomic mass is 10.2. The first-order valence-electron chi connectivity index (χ1n) is 9.96. The smallest absolute Gasteiger partial charge is 0.234 e. The lowest BCUT2D eigenvalue weighted by Crippen LogP contribution is -2.39. The molecule has 0 aliphatic carbocycles. The summed E-state index contributed by atoms with van der Waals surface area (Å²) in [6, 6.07) is 6.20. The summed E-state index contributed by atoms with van der Waals surface area (Å²) in [6.07, 6.45) is 1.05. The van der Waals surface area contributed by atoms with Gasteiger partial charge >= 0.3 is 0 Å². The van der Waals surface area contributed by atoms with Crippen LogP contribution in [-0.2, 0) is 22.6 Å². The van der Waals surface area contributed by atoms with E-state index in [0.29, 0.717) is 13.1 Å². The Morgan fingerprint density at radius 3 is 2.72 bits per heavy atom. The Kier molecular flexibility index (Phi) is 8.11. The number of benzene rings is 1. The minimum absolute atomic E-state index is 0.000436. The van der Waals surface area contributed by atoms with Crippen LogP contribution in [0.2, 0.25) is 0 Å². The number of thiazole rings is 1. The number of methoxy groups -OCH3 is 1. The van der Waals surface area contributed by atoms with Gasteiger partial charge < -0.3 is 10.1 Å². The molecule has 1 atom stereocenters. The van der Waals surface area contributed by atoms with E-state index in [9.17, 15) is 9.18 Å². The van der Waals surface area contributed by atoms with Crippen molar-refractivity contribution in [3.63, 3.8) is 0 Å². The number of hydrogen-bond acceptors (Lipinski definition) is 6. The molecule has 29 heavy (non-hydrogen) atoms. The van der Waals surface area contributed by atoms with E-state index in [0.717, 1.165) is 55.4 Å². The zero-order valence-electron chi connectivity index (χ0n) is 17.1. The van der Waals surface area contributed by atoms with E-state index in [-0.39, 0.29) is 17.8 Å². The van der Waals surface area contributed by atoms with Gasteiger partial charge in [-0.3, -0.25) is 14.6 Å². The lowest BCUT2D eigenvalue weighted by Gasteiger charge is -2.21. The SMILES string of the molecule is CO[C@@H](C)c1nc(CN2CCCN(CC(=O)NCc3ccc(F)cc3)CC2)cs1. The Labute approximate surface area is 175 Å². The number of ether oxygens (including phenoxy) is 1. The van der Waals surface area contributed by atoms with E-state index in [1.807, 2.05) is 6.92 Å². The maximum atomic E-state index is 12.9. The summed E-state index contributed by atoms with van der Waals surface area (Å²) in [4.78, 5) is 21.5. The highest BCUT2D eigenvalue weighted by Gasteiger charge is 2.18. The van der Waals surface area contributed by atoms with E-state index in [1.165, 1.54) is 12.1 Å². The van der Waals surface area contributed by atoms with E-state index < -0.39 is 0 Å². The molecular weight excluding hydrogens is 391 g/mol. The molecule has 3 rings (SSSR count). The second kappa shape index (κ2) is 10.8. The van der Waals surface area contributed by atoms with Gasteiger partial charge in [0, 0.05) is 38.7 Å². The molecule has 0 spiro atoms. The zero-order chi connectivity index (χ0) is 20.6. The fourth-order valence-electron chi connectivity index (χ4n) is 3.31. The highest BCUT2D eigenvalue weighted by molar-refractivity contribution is 7.09. The molecule has 1 aliphatic heterocycles. The summed E-state index contributed by atoms with van der Waals surface area (Å²) >= 11 is 1.64. The molecule has 1 aromatic carbocycles. The number of nitrogens with one attached hydrogen (secondary N) is 1. The van der Waals surface area contributed by atoms with Crippen LogP contribution in [0.5, 0.6) is 0 Å². The van der Waals surface area contributed by atoms with Gasteiger partial charge in [0.1, 0.15) is 16.9 Å². The summed E-state index contributed by atoms with van der Waals surface area (Å²) in [5.41, 5.74) is 1.98. The third-order valence-corrected chi connectivity index (χ3v) is 6.16. The van der Waals surface area contributed by atoms with Gasteiger partial charge in [0.2, 0.25) is 5.91 Å². The van der Waals surface area contributed by atoms with Crippen molar-refractivity contribution in [3.05, 3.63) is 51.7 Å². The van der Waals surface area contributed by atoms with Gasteiger partial charge in [0.25, 0.3) is 0 Å². The first kappa shape index (κ1) is 21.8. The van der Waals surface area contributed by atoms with Crippen LogP contribution in [0.25, 0.3) is 0 Å². The number of hydrogen-bond donors (Lipinski definition) is 1. The molecule has 1 N–H and O–H groups in total. The number of carbonyl (C=O) groups is 1. The van der Waals surface area contributed by atoms with Crippen LogP contribution in [-0.4, -0.2) is 60.5 Å². The quantitative estimate of drug-likeness (QED) is 0.712. The summed E-state index contributed by atoms with van der Waals surface area (Å²) in [6.45, 7) is 7.33. The topological polar surface area (TPSA) is 57.7 Å². The molecule has 0 radical (unpaired) electrons. The molecule has 0 bridgehead atoms. The van der Waals surface area contributed by atoms with Gasteiger partial charge in [-0.2, -0.15) is 0 Å². The molecule has 1 amide bonds. The fraction of sp³-hybridized carbons (Fsp3) is 0.524.